The van der Waals surface area contributed by atoms with Crippen LogP contribution in [0.3, 0.4) is 0 Å². The standard InChI is InChI=1S/C12H18Si/c1-12(2,3)9-10-13-11-7-5-4-6-8-11/h4-8H,9-10H2,1-3H3. The average molecular weight is 190 g/mol. The van der Waals surface area contributed by atoms with Gasteiger partial charge in [-0.25, -0.2) is 0 Å². The maximum Gasteiger partial charge on any atom is 0.0808 e. The van der Waals surface area contributed by atoms with Crippen LogP contribution in [0.2, 0.25) is 6.04 Å². The van der Waals surface area contributed by atoms with Gasteiger partial charge in [0.05, 0.1) is 9.52 Å². The minimum Gasteiger partial charge on any atom is -0.0642 e. The largest absolute Gasteiger partial charge is 0.0808 e. The van der Waals surface area contributed by atoms with E-state index in [2.05, 4.69) is 51.1 Å². The average Bonchev–Trinajstić information content (AvgIpc) is 2.04. The third kappa shape index (κ3) is 4.89. The molecule has 1 aromatic carbocycles. The first-order chi connectivity index (χ1) is 6.08. The van der Waals surface area contributed by atoms with Crippen molar-refractivity contribution >= 4 is 14.7 Å². The molecule has 1 rings (SSSR count). The fourth-order valence-electron chi connectivity index (χ4n) is 1.14. The van der Waals surface area contributed by atoms with Crippen LogP contribution in [0.4, 0.5) is 0 Å². The van der Waals surface area contributed by atoms with Gasteiger partial charge in [-0.05, 0) is 5.41 Å². The summed E-state index contributed by atoms with van der Waals surface area (Å²) in [4.78, 5) is 0. The van der Waals surface area contributed by atoms with Crippen molar-refractivity contribution in [1.82, 2.24) is 0 Å². The Morgan fingerprint density at radius 3 is 2.23 bits per heavy atom. The molecule has 0 amide bonds. The van der Waals surface area contributed by atoms with E-state index in [1.54, 1.807) is 0 Å². The summed E-state index contributed by atoms with van der Waals surface area (Å²) in [7, 11) is 0.978. The van der Waals surface area contributed by atoms with E-state index in [9.17, 15) is 0 Å². The van der Waals surface area contributed by atoms with Crippen LogP contribution in [-0.4, -0.2) is 9.52 Å². The van der Waals surface area contributed by atoms with E-state index in [1.165, 1.54) is 17.7 Å². The van der Waals surface area contributed by atoms with Gasteiger partial charge in [0.15, 0.2) is 0 Å². The fourth-order valence-corrected chi connectivity index (χ4v) is 2.73. The molecule has 0 aliphatic heterocycles. The highest BCUT2D eigenvalue weighted by Gasteiger charge is 2.09. The van der Waals surface area contributed by atoms with Crippen LogP contribution in [-0.2, 0) is 0 Å². The monoisotopic (exact) mass is 190 g/mol. The van der Waals surface area contributed by atoms with E-state index in [-0.39, 0.29) is 0 Å². The third-order valence-corrected chi connectivity index (χ3v) is 3.22. The normalized spacial score (nSPS) is 11.6. The fraction of sp³-hybridized carbons (Fsp3) is 0.500. The van der Waals surface area contributed by atoms with Gasteiger partial charge < -0.3 is 0 Å². The predicted molar refractivity (Wildman–Crippen MR) is 60.7 cm³/mol. The van der Waals surface area contributed by atoms with Crippen LogP contribution >= 0.6 is 0 Å². The summed E-state index contributed by atoms with van der Waals surface area (Å²) < 4.78 is 0. The molecule has 0 nitrogen and oxygen atoms in total. The van der Waals surface area contributed by atoms with Crippen molar-refractivity contribution < 1.29 is 0 Å². The molecule has 0 spiro atoms. The molecule has 1 heteroatoms. The molecule has 2 radical (unpaired) electrons. The molecule has 0 atom stereocenters. The molecule has 13 heavy (non-hydrogen) atoms. The van der Waals surface area contributed by atoms with E-state index >= 15 is 0 Å². The van der Waals surface area contributed by atoms with Gasteiger partial charge in [-0.1, -0.05) is 68.8 Å². The van der Waals surface area contributed by atoms with Crippen molar-refractivity contribution in [3.8, 4) is 0 Å². The second-order valence-electron chi connectivity index (χ2n) is 4.60. The van der Waals surface area contributed by atoms with E-state index < -0.39 is 0 Å². The lowest BCUT2D eigenvalue weighted by Crippen LogP contribution is -2.15. The number of hydrogen-bond acceptors (Lipinski definition) is 0. The van der Waals surface area contributed by atoms with Crippen LogP contribution in [0.25, 0.3) is 0 Å². The third-order valence-electron chi connectivity index (χ3n) is 1.98. The Bertz CT molecular complexity index is 233. The van der Waals surface area contributed by atoms with E-state index in [1.807, 2.05) is 0 Å². The molecule has 0 aromatic heterocycles. The highest BCUT2D eigenvalue weighted by molar-refractivity contribution is 6.53. The molecule has 0 saturated heterocycles. The second kappa shape index (κ2) is 4.61. The van der Waals surface area contributed by atoms with Crippen molar-refractivity contribution in [1.29, 1.82) is 0 Å². The lowest BCUT2D eigenvalue weighted by molar-refractivity contribution is 0.397. The Kier molecular flexibility index (Phi) is 3.73. The van der Waals surface area contributed by atoms with Gasteiger partial charge in [-0.3, -0.25) is 0 Å². The van der Waals surface area contributed by atoms with Gasteiger partial charge in [0, 0.05) is 0 Å². The molecule has 0 N–H and O–H groups in total. The summed E-state index contributed by atoms with van der Waals surface area (Å²) in [6.45, 7) is 6.92. The topological polar surface area (TPSA) is 0 Å². The molecule has 0 bridgehead atoms. The molecule has 0 aliphatic rings. The molecular weight excluding hydrogens is 172 g/mol. The molecule has 70 valence electrons. The summed E-state index contributed by atoms with van der Waals surface area (Å²) in [5.74, 6) is 0. The summed E-state index contributed by atoms with van der Waals surface area (Å²) >= 11 is 0. The molecule has 1 aromatic rings. The van der Waals surface area contributed by atoms with Gasteiger partial charge in [-0.15, -0.1) is 0 Å². The zero-order valence-electron chi connectivity index (χ0n) is 8.80. The minimum atomic E-state index is 0.488. The van der Waals surface area contributed by atoms with Crippen molar-refractivity contribution in [2.75, 3.05) is 0 Å². The summed E-state index contributed by atoms with van der Waals surface area (Å²) in [6, 6.07) is 12.1. The molecule has 0 saturated carbocycles. The summed E-state index contributed by atoms with van der Waals surface area (Å²) in [6.07, 6.45) is 1.32. The number of rotatable bonds is 3. The maximum absolute atomic E-state index is 2.31. The lowest BCUT2D eigenvalue weighted by Gasteiger charge is -2.17. The first-order valence-corrected chi connectivity index (χ1v) is 6.07. The van der Waals surface area contributed by atoms with Gasteiger partial charge >= 0.3 is 0 Å². The quantitative estimate of drug-likeness (QED) is 0.643. The van der Waals surface area contributed by atoms with E-state index in [4.69, 9.17) is 0 Å². The molecule has 0 fully saturated rings. The van der Waals surface area contributed by atoms with Crippen LogP contribution in [0, 0.1) is 5.41 Å². The van der Waals surface area contributed by atoms with Gasteiger partial charge in [0.1, 0.15) is 0 Å². The molecule has 0 unspecified atom stereocenters. The Morgan fingerprint density at radius 1 is 1.08 bits per heavy atom. The Hall–Kier alpha value is -0.563. The number of hydrogen-bond donors (Lipinski definition) is 0. The van der Waals surface area contributed by atoms with Crippen LogP contribution in [0.5, 0.6) is 0 Å². The maximum atomic E-state index is 2.31. The molecule has 0 aliphatic carbocycles. The predicted octanol–water partition coefficient (Wildman–Crippen LogP) is 2.87. The minimum absolute atomic E-state index is 0.488. The Balaban J connectivity index is 2.29. The van der Waals surface area contributed by atoms with Gasteiger partial charge in [0.25, 0.3) is 0 Å². The SMILES string of the molecule is CC(C)(C)CC[Si]c1ccccc1. The summed E-state index contributed by atoms with van der Waals surface area (Å²) in [5.41, 5.74) is 0.488. The van der Waals surface area contributed by atoms with Crippen molar-refractivity contribution in [2.24, 2.45) is 5.41 Å². The Labute approximate surface area is 84.2 Å². The van der Waals surface area contributed by atoms with Crippen LogP contribution in [0.1, 0.15) is 27.2 Å². The van der Waals surface area contributed by atoms with Crippen LogP contribution < -0.4 is 5.19 Å². The lowest BCUT2D eigenvalue weighted by atomic mass is 9.94. The van der Waals surface area contributed by atoms with E-state index in [0.717, 1.165) is 9.52 Å². The second-order valence-corrected chi connectivity index (χ2v) is 6.03. The Morgan fingerprint density at radius 2 is 1.69 bits per heavy atom. The highest BCUT2D eigenvalue weighted by atomic mass is 28.2. The summed E-state index contributed by atoms with van der Waals surface area (Å²) in [5, 5.41) is 1.49. The van der Waals surface area contributed by atoms with Gasteiger partial charge in [-0.2, -0.15) is 0 Å². The van der Waals surface area contributed by atoms with Gasteiger partial charge in [0.2, 0.25) is 0 Å². The smallest absolute Gasteiger partial charge is 0.0642 e. The van der Waals surface area contributed by atoms with Crippen molar-refractivity contribution in [2.45, 2.75) is 33.2 Å². The van der Waals surface area contributed by atoms with Crippen molar-refractivity contribution in [3.05, 3.63) is 30.3 Å². The molecule has 0 heterocycles. The zero-order chi connectivity index (χ0) is 9.73. The molecular formula is C12H18Si. The number of benzene rings is 1. The highest BCUT2D eigenvalue weighted by Crippen LogP contribution is 2.20. The van der Waals surface area contributed by atoms with E-state index in [0.29, 0.717) is 5.41 Å². The van der Waals surface area contributed by atoms with Crippen molar-refractivity contribution in [3.63, 3.8) is 0 Å². The van der Waals surface area contributed by atoms with Crippen LogP contribution in [0.15, 0.2) is 30.3 Å². The zero-order valence-corrected chi connectivity index (χ0v) is 9.80. The first-order valence-electron chi connectivity index (χ1n) is 4.87. The first kappa shape index (κ1) is 10.5.